The van der Waals surface area contributed by atoms with Crippen LogP contribution in [-0.4, -0.2) is 0 Å². The summed E-state index contributed by atoms with van der Waals surface area (Å²) in [5.74, 6) is -0.519. The Balaban J connectivity index is 2.05. The second kappa shape index (κ2) is 4.96. The zero-order valence-corrected chi connectivity index (χ0v) is 11.7. The molecule has 1 heterocycles. The minimum absolute atomic E-state index is 0.252. The van der Waals surface area contributed by atoms with Crippen molar-refractivity contribution in [3.63, 3.8) is 0 Å². The highest BCUT2D eigenvalue weighted by molar-refractivity contribution is 7.19. The van der Waals surface area contributed by atoms with Crippen LogP contribution in [0.1, 0.15) is 22.0 Å². The molecule has 0 amide bonds. The third kappa shape index (κ3) is 2.32. The number of halogens is 2. The monoisotopic (exact) mass is 289 g/mol. The van der Waals surface area contributed by atoms with Crippen LogP contribution < -0.4 is 5.73 Å². The molecule has 0 aliphatic carbocycles. The molecule has 3 rings (SSSR count). The van der Waals surface area contributed by atoms with Gasteiger partial charge in [0, 0.05) is 9.58 Å². The first-order valence-corrected chi connectivity index (χ1v) is 7.07. The quantitative estimate of drug-likeness (QED) is 0.736. The van der Waals surface area contributed by atoms with Gasteiger partial charge in [-0.3, -0.25) is 0 Å². The highest BCUT2D eigenvalue weighted by Gasteiger charge is 2.15. The fourth-order valence-electron chi connectivity index (χ4n) is 2.32. The predicted octanol–water partition coefficient (Wildman–Crippen LogP) is 4.54. The second-order valence-corrected chi connectivity index (χ2v) is 5.92. The standard InChI is InChI=1S/C16H13F2NS/c1-9-6-11(17)4-5-13(9)16(19)15-7-10-2-3-12(18)8-14(10)20-15/h2-8,16H,19H2,1H3. The number of aryl methyl sites for hydroxylation is 1. The van der Waals surface area contributed by atoms with E-state index < -0.39 is 0 Å². The SMILES string of the molecule is Cc1cc(F)ccc1C(N)c1cc2ccc(F)cc2s1. The van der Waals surface area contributed by atoms with Gasteiger partial charge in [-0.2, -0.15) is 0 Å². The van der Waals surface area contributed by atoms with E-state index in [1.54, 1.807) is 12.1 Å². The molecule has 0 bridgehead atoms. The molecule has 4 heteroatoms. The fraction of sp³-hybridized carbons (Fsp3) is 0.125. The van der Waals surface area contributed by atoms with Crippen LogP contribution >= 0.6 is 11.3 Å². The molecule has 1 atom stereocenters. The van der Waals surface area contributed by atoms with Crippen LogP contribution in [0, 0.1) is 18.6 Å². The van der Waals surface area contributed by atoms with Crippen LogP contribution in [-0.2, 0) is 0 Å². The van der Waals surface area contributed by atoms with E-state index in [2.05, 4.69) is 0 Å². The third-order valence-corrected chi connectivity index (χ3v) is 4.56. The Labute approximate surface area is 119 Å². The predicted molar refractivity (Wildman–Crippen MR) is 79.0 cm³/mol. The molecule has 0 saturated heterocycles. The van der Waals surface area contributed by atoms with E-state index in [-0.39, 0.29) is 17.7 Å². The van der Waals surface area contributed by atoms with Gasteiger partial charge in [-0.15, -0.1) is 11.3 Å². The number of fused-ring (bicyclic) bond motifs is 1. The number of thiophene rings is 1. The van der Waals surface area contributed by atoms with Crippen molar-refractivity contribution < 1.29 is 8.78 Å². The zero-order chi connectivity index (χ0) is 14.3. The summed E-state index contributed by atoms with van der Waals surface area (Å²) in [4.78, 5) is 0.945. The average molecular weight is 289 g/mol. The van der Waals surface area contributed by atoms with Crippen molar-refractivity contribution in [1.82, 2.24) is 0 Å². The van der Waals surface area contributed by atoms with Crippen LogP contribution in [0.5, 0.6) is 0 Å². The van der Waals surface area contributed by atoms with E-state index in [0.29, 0.717) is 0 Å². The van der Waals surface area contributed by atoms with Gasteiger partial charge in [0.1, 0.15) is 11.6 Å². The van der Waals surface area contributed by atoms with Gasteiger partial charge < -0.3 is 5.73 Å². The Morgan fingerprint density at radius 1 is 1.00 bits per heavy atom. The molecule has 0 spiro atoms. The van der Waals surface area contributed by atoms with Gasteiger partial charge in [0.15, 0.2) is 0 Å². The largest absolute Gasteiger partial charge is 0.320 e. The molecule has 102 valence electrons. The van der Waals surface area contributed by atoms with E-state index in [1.807, 2.05) is 13.0 Å². The highest BCUT2D eigenvalue weighted by atomic mass is 32.1. The maximum absolute atomic E-state index is 13.2. The number of rotatable bonds is 2. The Kier molecular flexibility index (Phi) is 3.28. The van der Waals surface area contributed by atoms with Crippen molar-refractivity contribution in [3.05, 3.63) is 70.1 Å². The molecule has 0 aliphatic rings. The maximum Gasteiger partial charge on any atom is 0.124 e. The molecule has 0 saturated carbocycles. The first-order valence-electron chi connectivity index (χ1n) is 6.25. The smallest absolute Gasteiger partial charge is 0.124 e. The lowest BCUT2D eigenvalue weighted by Crippen LogP contribution is -2.11. The Hall–Kier alpha value is -1.78. The van der Waals surface area contributed by atoms with Crippen molar-refractivity contribution >= 4 is 21.4 Å². The summed E-state index contributed by atoms with van der Waals surface area (Å²) in [6.45, 7) is 1.84. The van der Waals surface area contributed by atoms with Crippen LogP contribution in [0.15, 0.2) is 42.5 Å². The summed E-state index contributed by atoms with van der Waals surface area (Å²) in [6.07, 6.45) is 0. The van der Waals surface area contributed by atoms with E-state index in [9.17, 15) is 8.78 Å². The highest BCUT2D eigenvalue weighted by Crippen LogP contribution is 2.33. The first-order chi connectivity index (χ1) is 9.54. The normalized spacial score (nSPS) is 12.8. The minimum atomic E-state index is -0.323. The zero-order valence-electron chi connectivity index (χ0n) is 10.9. The average Bonchev–Trinajstić information content (AvgIpc) is 2.81. The molecule has 0 fully saturated rings. The lowest BCUT2D eigenvalue weighted by Gasteiger charge is -2.13. The molecule has 20 heavy (non-hydrogen) atoms. The van der Waals surface area contributed by atoms with Crippen molar-refractivity contribution in [2.75, 3.05) is 0 Å². The minimum Gasteiger partial charge on any atom is -0.320 e. The molecular formula is C16H13F2NS. The fourth-order valence-corrected chi connectivity index (χ4v) is 3.43. The molecule has 2 aromatic carbocycles. The molecule has 0 radical (unpaired) electrons. The molecule has 1 nitrogen and oxygen atoms in total. The lowest BCUT2D eigenvalue weighted by molar-refractivity contribution is 0.625. The number of nitrogens with two attached hydrogens (primary N) is 1. The third-order valence-electron chi connectivity index (χ3n) is 3.37. The van der Waals surface area contributed by atoms with E-state index >= 15 is 0 Å². The van der Waals surface area contributed by atoms with E-state index in [4.69, 9.17) is 5.73 Å². The summed E-state index contributed by atoms with van der Waals surface area (Å²) in [6, 6.07) is 10.9. The van der Waals surface area contributed by atoms with Crippen LogP contribution in [0.3, 0.4) is 0 Å². The molecule has 1 aromatic heterocycles. The molecular weight excluding hydrogens is 276 g/mol. The number of hydrogen-bond donors (Lipinski definition) is 1. The van der Waals surface area contributed by atoms with Crippen molar-refractivity contribution in [2.45, 2.75) is 13.0 Å². The van der Waals surface area contributed by atoms with Crippen LogP contribution in [0.25, 0.3) is 10.1 Å². The first kappa shape index (κ1) is 13.2. The van der Waals surface area contributed by atoms with Gasteiger partial charge in [-0.25, -0.2) is 8.78 Å². The Morgan fingerprint density at radius 2 is 1.70 bits per heavy atom. The number of hydrogen-bond acceptors (Lipinski definition) is 2. The second-order valence-electron chi connectivity index (χ2n) is 4.81. The maximum atomic E-state index is 13.2. The Bertz CT molecular complexity index is 779. The lowest BCUT2D eigenvalue weighted by atomic mass is 10.0. The van der Waals surface area contributed by atoms with Gasteiger partial charge in [0.05, 0.1) is 6.04 Å². The van der Waals surface area contributed by atoms with Crippen molar-refractivity contribution in [1.29, 1.82) is 0 Å². The molecule has 3 aromatic rings. The van der Waals surface area contributed by atoms with Crippen molar-refractivity contribution in [2.24, 2.45) is 5.73 Å². The Morgan fingerprint density at radius 3 is 2.45 bits per heavy atom. The van der Waals surface area contributed by atoms with Gasteiger partial charge in [-0.1, -0.05) is 12.1 Å². The summed E-state index contributed by atoms with van der Waals surface area (Å²) in [7, 11) is 0. The molecule has 0 aliphatic heterocycles. The van der Waals surface area contributed by atoms with Gasteiger partial charge in [0.2, 0.25) is 0 Å². The summed E-state index contributed by atoms with van der Waals surface area (Å²) < 4.78 is 27.2. The summed E-state index contributed by atoms with van der Waals surface area (Å²) in [5, 5.41) is 0.974. The van der Waals surface area contributed by atoms with E-state index in [1.165, 1.54) is 35.6 Å². The van der Waals surface area contributed by atoms with Crippen LogP contribution in [0.4, 0.5) is 8.78 Å². The van der Waals surface area contributed by atoms with Gasteiger partial charge in [-0.05, 0) is 53.8 Å². The molecule has 2 N–H and O–H groups in total. The van der Waals surface area contributed by atoms with Gasteiger partial charge >= 0.3 is 0 Å². The summed E-state index contributed by atoms with van der Waals surface area (Å²) in [5.41, 5.74) is 7.97. The van der Waals surface area contributed by atoms with E-state index in [0.717, 1.165) is 26.1 Å². The topological polar surface area (TPSA) is 26.0 Å². The van der Waals surface area contributed by atoms with Gasteiger partial charge in [0.25, 0.3) is 0 Å². The van der Waals surface area contributed by atoms with Crippen LogP contribution in [0.2, 0.25) is 0 Å². The van der Waals surface area contributed by atoms with Crippen molar-refractivity contribution in [3.8, 4) is 0 Å². The molecule has 1 unspecified atom stereocenters. The number of benzene rings is 2. The summed E-state index contributed by atoms with van der Waals surface area (Å²) >= 11 is 1.47.